The van der Waals surface area contributed by atoms with E-state index in [1.54, 1.807) is 11.8 Å². The molecule has 0 aliphatic carbocycles. The standard InChI is InChI=1S/C8H16N2OS/c1-12-7-4-8(11)10-6-3-2-5-9/h2-3H,4-7,9H2,1H3,(H,10,11)/b3-2+. The maximum Gasteiger partial charge on any atom is 0.221 e. The quantitative estimate of drug-likeness (QED) is 0.592. The Morgan fingerprint density at radius 2 is 2.33 bits per heavy atom. The normalized spacial score (nSPS) is 10.5. The smallest absolute Gasteiger partial charge is 0.221 e. The van der Waals surface area contributed by atoms with Crippen LogP contribution in [0.25, 0.3) is 0 Å². The zero-order valence-electron chi connectivity index (χ0n) is 7.38. The molecule has 0 atom stereocenters. The van der Waals surface area contributed by atoms with Gasteiger partial charge in [-0.1, -0.05) is 12.2 Å². The molecule has 0 radical (unpaired) electrons. The summed E-state index contributed by atoms with van der Waals surface area (Å²) in [6.07, 6.45) is 6.27. The molecular weight excluding hydrogens is 172 g/mol. The molecule has 0 aromatic heterocycles. The minimum atomic E-state index is 0.103. The lowest BCUT2D eigenvalue weighted by atomic mass is 10.4. The topological polar surface area (TPSA) is 55.1 Å². The molecule has 70 valence electrons. The molecule has 0 saturated heterocycles. The summed E-state index contributed by atoms with van der Waals surface area (Å²) < 4.78 is 0. The Balaban J connectivity index is 3.25. The Hall–Kier alpha value is -0.480. The van der Waals surface area contributed by atoms with Crippen LogP contribution in [0.1, 0.15) is 6.42 Å². The van der Waals surface area contributed by atoms with Gasteiger partial charge in [0, 0.05) is 25.3 Å². The molecule has 4 heteroatoms. The number of carbonyl (C=O) groups excluding carboxylic acids is 1. The summed E-state index contributed by atoms with van der Waals surface area (Å²) >= 11 is 1.67. The second-order valence-electron chi connectivity index (χ2n) is 2.25. The minimum absolute atomic E-state index is 0.103. The summed E-state index contributed by atoms with van der Waals surface area (Å²) in [5, 5.41) is 2.76. The fourth-order valence-electron chi connectivity index (χ4n) is 0.635. The first-order valence-corrected chi connectivity index (χ1v) is 5.31. The van der Waals surface area contributed by atoms with Gasteiger partial charge in [-0.3, -0.25) is 4.79 Å². The zero-order chi connectivity index (χ0) is 9.23. The number of thioether (sulfide) groups is 1. The van der Waals surface area contributed by atoms with E-state index in [1.165, 1.54) is 0 Å². The van der Waals surface area contributed by atoms with Crippen molar-refractivity contribution in [1.29, 1.82) is 0 Å². The highest BCUT2D eigenvalue weighted by atomic mass is 32.2. The van der Waals surface area contributed by atoms with E-state index in [1.807, 2.05) is 18.4 Å². The molecule has 0 saturated carbocycles. The predicted octanol–water partition coefficient (Wildman–Crippen LogP) is 0.371. The number of nitrogens with two attached hydrogens (primary N) is 1. The average molecular weight is 188 g/mol. The molecule has 0 bridgehead atoms. The van der Waals surface area contributed by atoms with E-state index in [0.717, 1.165) is 5.75 Å². The van der Waals surface area contributed by atoms with Crippen molar-refractivity contribution in [3.8, 4) is 0 Å². The Kier molecular flexibility index (Phi) is 8.27. The first kappa shape index (κ1) is 11.5. The molecule has 1 amide bonds. The summed E-state index contributed by atoms with van der Waals surface area (Å²) in [7, 11) is 0. The van der Waals surface area contributed by atoms with Crippen LogP contribution >= 0.6 is 11.8 Å². The summed E-state index contributed by atoms with van der Waals surface area (Å²) in [4.78, 5) is 11.0. The van der Waals surface area contributed by atoms with E-state index < -0.39 is 0 Å². The van der Waals surface area contributed by atoms with Crippen molar-refractivity contribution < 1.29 is 4.79 Å². The molecule has 0 aromatic rings. The Labute approximate surface area is 77.8 Å². The third kappa shape index (κ3) is 7.63. The summed E-state index contributed by atoms with van der Waals surface area (Å²) in [6, 6.07) is 0. The summed E-state index contributed by atoms with van der Waals surface area (Å²) in [6.45, 7) is 1.12. The molecule has 3 nitrogen and oxygen atoms in total. The van der Waals surface area contributed by atoms with Gasteiger partial charge in [-0.25, -0.2) is 0 Å². The SMILES string of the molecule is CSCCC(=O)NC/C=C/CN. The van der Waals surface area contributed by atoms with Crippen molar-refractivity contribution in [3.63, 3.8) is 0 Å². The van der Waals surface area contributed by atoms with Gasteiger partial charge in [0.25, 0.3) is 0 Å². The maximum absolute atomic E-state index is 11.0. The lowest BCUT2D eigenvalue weighted by Crippen LogP contribution is -2.23. The van der Waals surface area contributed by atoms with E-state index >= 15 is 0 Å². The minimum Gasteiger partial charge on any atom is -0.353 e. The number of rotatable bonds is 6. The van der Waals surface area contributed by atoms with E-state index in [4.69, 9.17) is 5.73 Å². The van der Waals surface area contributed by atoms with Crippen LogP contribution in [0.4, 0.5) is 0 Å². The molecule has 0 unspecified atom stereocenters. The van der Waals surface area contributed by atoms with Crippen LogP contribution in [-0.2, 0) is 4.79 Å². The van der Waals surface area contributed by atoms with Crippen LogP contribution in [0.15, 0.2) is 12.2 Å². The third-order valence-electron chi connectivity index (χ3n) is 1.25. The molecular formula is C8H16N2OS. The fourth-order valence-corrected chi connectivity index (χ4v) is 1.02. The van der Waals surface area contributed by atoms with Crippen LogP contribution in [0.3, 0.4) is 0 Å². The highest BCUT2D eigenvalue weighted by Gasteiger charge is 1.96. The molecule has 3 N–H and O–H groups in total. The largest absolute Gasteiger partial charge is 0.353 e. The molecule has 0 heterocycles. The van der Waals surface area contributed by atoms with Gasteiger partial charge in [-0.15, -0.1) is 0 Å². The lowest BCUT2D eigenvalue weighted by molar-refractivity contribution is -0.120. The third-order valence-corrected chi connectivity index (χ3v) is 1.87. The van der Waals surface area contributed by atoms with Gasteiger partial charge < -0.3 is 11.1 Å². The highest BCUT2D eigenvalue weighted by Crippen LogP contribution is 1.94. The zero-order valence-corrected chi connectivity index (χ0v) is 8.19. The Morgan fingerprint density at radius 3 is 2.92 bits per heavy atom. The van der Waals surface area contributed by atoms with Crippen LogP contribution in [0, 0.1) is 0 Å². The predicted molar refractivity (Wildman–Crippen MR) is 54.2 cm³/mol. The van der Waals surface area contributed by atoms with Crippen molar-refractivity contribution in [2.75, 3.05) is 25.1 Å². The number of hydrogen-bond donors (Lipinski definition) is 2. The van der Waals surface area contributed by atoms with Crippen molar-refractivity contribution in [2.45, 2.75) is 6.42 Å². The van der Waals surface area contributed by atoms with Crippen molar-refractivity contribution >= 4 is 17.7 Å². The van der Waals surface area contributed by atoms with Gasteiger partial charge in [-0.05, 0) is 6.26 Å². The van der Waals surface area contributed by atoms with E-state index in [2.05, 4.69) is 5.32 Å². The van der Waals surface area contributed by atoms with Crippen molar-refractivity contribution in [1.82, 2.24) is 5.32 Å². The average Bonchev–Trinajstić information content (AvgIpc) is 2.09. The second kappa shape index (κ2) is 8.62. The molecule has 0 spiro atoms. The number of hydrogen-bond acceptors (Lipinski definition) is 3. The number of carbonyl (C=O) groups is 1. The van der Waals surface area contributed by atoms with Crippen LogP contribution in [0.2, 0.25) is 0 Å². The van der Waals surface area contributed by atoms with Gasteiger partial charge in [-0.2, -0.15) is 11.8 Å². The van der Waals surface area contributed by atoms with Crippen molar-refractivity contribution in [2.24, 2.45) is 5.73 Å². The van der Waals surface area contributed by atoms with Crippen LogP contribution in [-0.4, -0.2) is 31.0 Å². The van der Waals surface area contributed by atoms with Gasteiger partial charge >= 0.3 is 0 Å². The van der Waals surface area contributed by atoms with E-state index in [-0.39, 0.29) is 5.91 Å². The Morgan fingerprint density at radius 1 is 1.58 bits per heavy atom. The summed E-state index contributed by atoms with van der Waals surface area (Å²) in [5.74, 6) is 0.984. The molecule has 0 fully saturated rings. The highest BCUT2D eigenvalue weighted by molar-refractivity contribution is 7.98. The lowest BCUT2D eigenvalue weighted by Gasteiger charge is -1.99. The number of nitrogens with one attached hydrogen (secondary N) is 1. The van der Waals surface area contributed by atoms with Gasteiger partial charge in [0.2, 0.25) is 5.91 Å². The number of amides is 1. The maximum atomic E-state index is 11.0. The fraction of sp³-hybridized carbons (Fsp3) is 0.625. The van der Waals surface area contributed by atoms with Crippen LogP contribution in [0.5, 0.6) is 0 Å². The first-order chi connectivity index (χ1) is 5.81. The van der Waals surface area contributed by atoms with Gasteiger partial charge in [0.05, 0.1) is 0 Å². The first-order valence-electron chi connectivity index (χ1n) is 3.92. The van der Waals surface area contributed by atoms with E-state index in [0.29, 0.717) is 19.5 Å². The Bertz CT molecular complexity index is 148. The molecule has 0 aliphatic rings. The molecule has 0 aliphatic heterocycles. The van der Waals surface area contributed by atoms with Gasteiger partial charge in [0.1, 0.15) is 0 Å². The summed E-state index contributed by atoms with van der Waals surface area (Å²) in [5.41, 5.74) is 5.22. The second-order valence-corrected chi connectivity index (χ2v) is 3.24. The monoisotopic (exact) mass is 188 g/mol. The van der Waals surface area contributed by atoms with E-state index in [9.17, 15) is 4.79 Å². The molecule has 0 rings (SSSR count). The molecule has 0 aromatic carbocycles. The van der Waals surface area contributed by atoms with Crippen molar-refractivity contribution in [3.05, 3.63) is 12.2 Å². The van der Waals surface area contributed by atoms with Gasteiger partial charge in [0.15, 0.2) is 0 Å². The molecule has 12 heavy (non-hydrogen) atoms. The van der Waals surface area contributed by atoms with Crippen LogP contribution < -0.4 is 11.1 Å².